The second-order valence-electron chi connectivity index (χ2n) is 14.9. The molecule has 1 aliphatic heterocycles. The highest BCUT2D eigenvalue weighted by Gasteiger charge is 2.30. The number of nitrogens with zero attached hydrogens (tertiary/aromatic N) is 8. The average molecular weight is 769 g/mol. The summed E-state index contributed by atoms with van der Waals surface area (Å²) >= 11 is 0. The molecule has 0 amide bonds. The quantitative estimate of drug-likeness (QED) is 0.165. The number of benzene rings is 7. The molecule has 9 heteroatoms. The molecule has 6 heterocycles. The van der Waals surface area contributed by atoms with Crippen molar-refractivity contribution < 1.29 is 4.74 Å². The SMILES string of the molecule is N#Cc1nc2c3ccc(-n4c5ccccc5c5ccccc54)nc3c3nc(-n4c5ccccc5c5ccccc54)ccc3c2nc1N1c2ccccc2Oc2ccccc21. The predicted octanol–water partition coefficient (Wildman–Crippen LogP) is 12.4. The van der Waals surface area contributed by atoms with Gasteiger partial charge < -0.3 is 4.74 Å². The minimum Gasteiger partial charge on any atom is -0.453 e. The summed E-state index contributed by atoms with van der Waals surface area (Å²) in [6.45, 7) is 0. The number of aromatic nitrogens is 6. The van der Waals surface area contributed by atoms with Crippen molar-refractivity contribution in [1.82, 2.24) is 29.1 Å². The first kappa shape index (κ1) is 32.5. The number of para-hydroxylation sites is 8. The van der Waals surface area contributed by atoms with Crippen LogP contribution in [0.4, 0.5) is 17.2 Å². The highest BCUT2D eigenvalue weighted by atomic mass is 16.5. The fourth-order valence-electron chi connectivity index (χ4n) is 9.19. The van der Waals surface area contributed by atoms with Crippen LogP contribution in [-0.4, -0.2) is 29.1 Å². The van der Waals surface area contributed by atoms with Crippen molar-refractivity contribution in [2.75, 3.05) is 4.90 Å². The molecule has 278 valence electrons. The third-order valence-electron chi connectivity index (χ3n) is 11.7. The largest absolute Gasteiger partial charge is 0.453 e. The normalized spacial score (nSPS) is 12.4. The summed E-state index contributed by atoms with van der Waals surface area (Å²) in [6, 6.07) is 59.8. The van der Waals surface area contributed by atoms with E-state index < -0.39 is 0 Å². The summed E-state index contributed by atoms with van der Waals surface area (Å²) in [5.41, 5.74) is 8.43. The molecular weight excluding hydrogens is 741 g/mol. The van der Waals surface area contributed by atoms with Gasteiger partial charge in [-0.15, -0.1) is 0 Å². The van der Waals surface area contributed by atoms with E-state index in [1.165, 1.54) is 0 Å². The van der Waals surface area contributed by atoms with Gasteiger partial charge in [-0.25, -0.2) is 19.9 Å². The molecule has 0 saturated carbocycles. The van der Waals surface area contributed by atoms with Crippen LogP contribution in [0.5, 0.6) is 11.5 Å². The Morgan fingerprint density at radius 3 is 1.22 bits per heavy atom. The molecule has 0 saturated heterocycles. The molecule has 0 bridgehead atoms. The van der Waals surface area contributed by atoms with Crippen molar-refractivity contribution in [3.63, 3.8) is 0 Å². The van der Waals surface area contributed by atoms with Crippen LogP contribution in [0.25, 0.3) is 88.1 Å². The number of hydrogen-bond acceptors (Lipinski definition) is 7. The van der Waals surface area contributed by atoms with Crippen molar-refractivity contribution in [3.05, 3.63) is 176 Å². The summed E-state index contributed by atoms with van der Waals surface area (Å²) in [4.78, 5) is 23.5. The third kappa shape index (κ3) is 4.44. The van der Waals surface area contributed by atoms with Gasteiger partial charge in [-0.05, 0) is 72.8 Å². The smallest absolute Gasteiger partial charge is 0.184 e. The molecule has 1 aliphatic rings. The maximum atomic E-state index is 10.8. The van der Waals surface area contributed by atoms with Crippen LogP contribution in [-0.2, 0) is 0 Å². The zero-order chi connectivity index (χ0) is 39.5. The van der Waals surface area contributed by atoms with E-state index in [2.05, 4.69) is 118 Å². The lowest BCUT2D eigenvalue weighted by molar-refractivity contribution is 0.476. The van der Waals surface area contributed by atoms with E-state index in [0.29, 0.717) is 39.4 Å². The van der Waals surface area contributed by atoms with Crippen LogP contribution in [0.2, 0.25) is 0 Å². The summed E-state index contributed by atoms with van der Waals surface area (Å²) < 4.78 is 10.8. The first-order valence-electron chi connectivity index (χ1n) is 19.7. The molecule has 0 radical (unpaired) electrons. The fraction of sp³-hybridized carbons (Fsp3) is 0. The minimum atomic E-state index is 0.177. The van der Waals surface area contributed by atoms with Gasteiger partial charge in [-0.3, -0.25) is 14.0 Å². The number of pyridine rings is 2. The third-order valence-corrected chi connectivity index (χ3v) is 11.7. The topological polar surface area (TPSA) is 97.7 Å². The zero-order valence-corrected chi connectivity index (χ0v) is 31.7. The molecule has 5 aromatic heterocycles. The van der Waals surface area contributed by atoms with E-state index >= 15 is 0 Å². The Balaban J connectivity index is 1.15. The van der Waals surface area contributed by atoms with Crippen LogP contribution in [0, 0.1) is 11.3 Å². The lowest BCUT2D eigenvalue weighted by Gasteiger charge is -2.32. The molecule has 9 nitrogen and oxygen atoms in total. The number of nitriles is 1. The predicted molar refractivity (Wildman–Crippen MR) is 238 cm³/mol. The van der Waals surface area contributed by atoms with Gasteiger partial charge >= 0.3 is 0 Å². The molecule has 0 spiro atoms. The number of hydrogen-bond donors (Lipinski definition) is 0. The van der Waals surface area contributed by atoms with Crippen molar-refractivity contribution in [2.24, 2.45) is 0 Å². The molecule has 0 unspecified atom stereocenters. The van der Waals surface area contributed by atoms with Gasteiger partial charge in [0.2, 0.25) is 0 Å². The summed E-state index contributed by atoms with van der Waals surface area (Å²) in [5.74, 6) is 3.21. The highest BCUT2D eigenvalue weighted by molar-refractivity contribution is 6.21. The van der Waals surface area contributed by atoms with Crippen LogP contribution >= 0.6 is 0 Å². The zero-order valence-electron chi connectivity index (χ0n) is 31.7. The van der Waals surface area contributed by atoms with Crippen LogP contribution in [0.3, 0.4) is 0 Å². The highest BCUT2D eigenvalue weighted by Crippen LogP contribution is 2.51. The van der Waals surface area contributed by atoms with E-state index in [9.17, 15) is 5.26 Å². The lowest BCUT2D eigenvalue weighted by Crippen LogP contribution is -2.18. The second kappa shape index (κ2) is 12.2. The van der Waals surface area contributed by atoms with Gasteiger partial charge in [0.05, 0.1) is 33.4 Å². The van der Waals surface area contributed by atoms with Gasteiger partial charge in [-0.1, -0.05) is 97.1 Å². The Bertz CT molecular complexity index is 3710. The fourth-order valence-corrected chi connectivity index (χ4v) is 9.19. The van der Waals surface area contributed by atoms with Gasteiger partial charge in [0.25, 0.3) is 0 Å². The van der Waals surface area contributed by atoms with Crippen LogP contribution in [0.1, 0.15) is 5.69 Å². The molecule has 12 aromatic rings. The molecule has 60 heavy (non-hydrogen) atoms. The molecular formula is C51H28N8O. The van der Waals surface area contributed by atoms with Crippen LogP contribution < -0.4 is 9.64 Å². The monoisotopic (exact) mass is 768 g/mol. The van der Waals surface area contributed by atoms with Gasteiger partial charge in [0.15, 0.2) is 23.0 Å². The molecule has 0 fully saturated rings. The van der Waals surface area contributed by atoms with E-state index in [1.807, 2.05) is 71.6 Å². The van der Waals surface area contributed by atoms with Crippen molar-refractivity contribution in [1.29, 1.82) is 5.26 Å². The molecule has 0 aliphatic carbocycles. The van der Waals surface area contributed by atoms with Gasteiger partial charge in [0, 0.05) is 32.3 Å². The number of rotatable bonds is 3. The average Bonchev–Trinajstić information content (AvgIpc) is 3.83. The first-order chi connectivity index (χ1) is 29.7. The minimum absolute atomic E-state index is 0.177. The molecule has 13 rings (SSSR count). The number of ether oxygens (including phenoxy) is 1. The Labute approximate surface area is 341 Å². The Kier molecular flexibility index (Phi) is 6.60. The lowest BCUT2D eigenvalue weighted by atomic mass is 10.1. The van der Waals surface area contributed by atoms with Crippen molar-refractivity contribution >= 4 is 93.6 Å². The number of anilines is 3. The molecule has 0 N–H and O–H groups in total. The Morgan fingerprint density at radius 2 is 0.767 bits per heavy atom. The van der Waals surface area contributed by atoms with Crippen molar-refractivity contribution in [2.45, 2.75) is 0 Å². The summed E-state index contributed by atoms with van der Waals surface area (Å²) in [6.07, 6.45) is 0. The van der Waals surface area contributed by atoms with Gasteiger partial charge in [-0.2, -0.15) is 5.26 Å². The maximum Gasteiger partial charge on any atom is 0.184 e. The molecule has 0 atom stereocenters. The maximum absolute atomic E-state index is 10.8. The Hall–Kier alpha value is -8.61. The molecule has 7 aromatic carbocycles. The second-order valence-corrected chi connectivity index (χ2v) is 14.9. The van der Waals surface area contributed by atoms with E-state index in [0.717, 1.165) is 77.4 Å². The summed E-state index contributed by atoms with van der Waals surface area (Å²) in [5, 5.41) is 16.9. The van der Waals surface area contributed by atoms with Crippen molar-refractivity contribution in [3.8, 4) is 29.2 Å². The summed E-state index contributed by atoms with van der Waals surface area (Å²) in [7, 11) is 0. The number of fused-ring (bicyclic) bond motifs is 14. The van der Waals surface area contributed by atoms with E-state index in [1.54, 1.807) is 0 Å². The standard InChI is InChI=1S/C51H28N8O/c52-29-36-51(59-41-21-9-11-23-43(41)60-44-24-12-10-22-42(44)59)56-50-35-26-28-46(58-39-19-7-3-15-32(39)33-16-4-8-20-40(33)58)55-49(35)48-34(47(50)53-36)25-27-45(54-48)57-37-17-5-1-13-30(37)31-14-2-6-18-38(31)57/h1-28H. The Morgan fingerprint density at radius 1 is 0.383 bits per heavy atom. The van der Waals surface area contributed by atoms with E-state index in [4.69, 9.17) is 24.7 Å². The van der Waals surface area contributed by atoms with Gasteiger partial charge in [0.1, 0.15) is 39.8 Å². The van der Waals surface area contributed by atoms with E-state index in [-0.39, 0.29) is 5.69 Å². The first-order valence-corrected chi connectivity index (χ1v) is 19.7. The van der Waals surface area contributed by atoms with Crippen LogP contribution in [0.15, 0.2) is 170 Å².